The monoisotopic (exact) mass is 810 g/mol. The molecule has 1 aromatic rings. The predicted octanol–water partition coefficient (Wildman–Crippen LogP) is 3.49. The van der Waals surface area contributed by atoms with Crippen molar-refractivity contribution >= 4 is 41.4 Å². The highest BCUT2D eigenvalue weighted by Gasteiger charge is 2.35. The van der Waals surface area contributed by atoms with Crippen LogP contribution in [0.4, 0.5) is 0 Å². The van der Waals surface area contributed by atoms with Gasteiger partial charge in [-0.1, -0.05) is 97.7 Å². The first kappa shape index (κ1) is 49.4. The van der Waals surface area contributed by atoms with Crippen molar-refractivity contribution in [2.24, 2.45) is 23.7 Å². The fraction of sp³-hybridized carbons (Fsp3) is 0.659. The van der Waals surface area contributed by atoms with Gasteiger partial charge in [-0.25, -0.2) is 0 Å². The van der Waals surface area contributed by atoms with Crippen LogP contribution in [0.25, 0.3) is 0 Å². The van der Waals surface area contributed by atoms with Crippen LogP contribution in [0.2, 0.25) is 0 Å². The van der Waals surface area contributed by atoms with Crippen LogP contribution >= 0.6 is 0 Å². The molecule has 1 aliphatic rings. The Balaban J connectivity index is 2.57. The third kappa shape index (κ3) is 14.9. The average molecular weight is 810 g/mol. The molecule has 58 heavy (non-hydrogen) atoms. The van der Waals surface area contributed by atoms with Gasteiger partial charge in [0.05, 0.1) is 6.54 Å². The van der Waals surface area contributed by atoms with Gasteiger partial charge < -0.3 is 36.4 Å². The van der Waals surface area contributed by atoms with Gasteiger partial charge >= 0.3 is 0 Å². The highest BCUT2D eigenvalue weighted by atomic mass is 16.2. The molecule has 0 radical (unpaired) electrons. The van der Waals surface area contributed by atoms with Crippen molar-refractivity contribution in [3.05, 3.63) is 47.5 Å². The van der Waals surface area contributed by atoms with Gasteiger partial charge in [-0.05, 0) is 69.3 Å². The zero-order valence-electron chi connectivity index (χ0n) is 36.9. The maximum absolute atomic E-state index is 14.1. The SMILES string of the molecule is CCC(C)[C@@H]1NC(=O)CN(C)C(=O)[C@@H](Cc2ccccc2)N(C)C(=O)[C@H](C)NC(=O)[C@@H](CC(C)C)NC(=O)/C(C)=C/CC[C@H](C)[C@@H](C(C)CC)NC(=O)[C@@H](C)NC1=O. The van der Waals surface area contributed by atoms with E-state index in [1.54, 1.807) is 13.8 Å². The van der Waals surface area contributed by atoms with Crippen LogP contribution in [0.5, 0.6) is 0 Å². The molecule has 0 fully saturated rings. The molecule has 0 bridgehead atoms. The Morgan fingerprint density at radius 1 is 0.724 bits per heavy atom. The van der Waals surface area contributed by atoms with E-state index < -0.39 is 72.2 Å². The molecule has 0 saturated heterocycles. The van der Waals surface area contributed by atoms with E-state index >= 15 is 0 Å². The standard InChI is InChI=1S/C44H71N7O7/c1-13-27(5)37-29(7)19-18-20-30(8)39(53)47-34(23-26(3)4)41(55)46-32(10)43(57)51(12)35(24-33-21-16-15-17-22-33)44(58)50(11)25-36(52)48-38(28(6)14-2)42(56)45-31(9)40(54)49-37/h15-17,20-22,26-29,31-32,34-35,37-38H,13-14,18-19,23-25H2,1-12H3,(H,45,56)(H,46,55)(H,47,53)(H,48,52)(H,49,54)/b30-20+/t27?,28?,29-,31+,32-,34+,35+,37+,38-/m0/s1. The summed E-state index contributed by atoms with van der Waals surface area (Å²) >= 11 is 0. The molecule has 2 unspecified atom stereocenters. The number of hydrogen-bond donors (Lipinski definition) is 5. The number of carbonyl (C=O) groups is 7. The van der Waals surface area contributed by atoms with Crippen LogP contribution in [0.1, 0.15) is 107 Å². The lowest BCUT2D eigenvalue weighted by molar-refractivity contribution is -0.146. The number of likely N-dealkylation sites (N-methyl/N-ethyl adjacent to an activating group) is 2. The smallest absolute Gasteiger partial charge is 0.247 e. The molecular formula is C44H71N7O7. The Hall–Kier alpha value is -4.75. The Morgan fingerprint density at radius 2 is 1.33 bits per heavy atom. The largest absolute Gasteiger partial charge is 0.351 e. The minimum Gasteiger partial charge on any atom is -0.351 e. The van der Waals surface area contributed by atoms with Crippen molar-refractivity contribution in [1.82, 2.24) is 36.4 Å². The summed E-state index contributed by atoms with van der Waals surface area (Å²) in [5, 5.41) is 14.4. The Labute approximate surface area is 346 Å². The lowest BCUT2D eigenvalue weighted by atomic mass is 9.85. The molecule has 2 rings (SSSR count). The van der Waals surface area contributed by atoms with Gasteiger partial charge in [-0.2, -0.15) is 0 Å². The topological polar surface area (TPSA) is 186 Å². The molecule has 324 valence electrons. The van der Waals surface area contributed by atoms with Gasteiger partial charge in [0, 0.05) is 32.1 Å². The van der Waals surface area contributed by atoms with Crippen molar-refractivity contribution in [3.63, 3.8) is 0 Å². The molecule has 0 aliphatic carbocycles. The quantitative estimate of drug-likeness (QED) is 0.266. The van der Waals surface area contributed by atoms with E-state index in [-0.39, 0.29) is 42.0 Å². The minimum absolute atomic E-state index is 0.0169. The molecule has 14 nitrogen and oxygen atoms in total. The number of allylic oxidation sites excluding steroid dienone is 1. The van der Waals surface area contributed by atoms with Crippen molar-refractivity contribution in [3.8, 4) is 0 Å². The maximum atomic E-state index is 14.1. The van der Waals surface area contributed by atoms with E-state index in [4.69, 9.17) is 0 Å². The normalized spacial score (nSPS) is 28.1. The fourth-order valence-electron chi connectivity index (χ4n) is 7.10. The third-order valence-corrected chi connectivity index (χ3v) is 11.4. The number of hydrogen-bond acceptors (Lipinski definition) is 7. The van der Waals surface area contributed by atoms with Gasteiger partial charge in [0.2, 0.25) is 41.4 Å². The molecule has 1 aromatic carbocycles. The van der Waals surface area contributed by atoms with Crippen LogP contribution < -0.4 is 26.6 Å². The van der Waals surface area contributed by atoms with Crippen molar-refractivity contribution < 1.29 is 33.6 Å². The molecule has 9 atom stereocenters. The number of rotatable bonds is 8. The van der Waals surface area contributed by atoms with Crippen molar-refractivity contribution in [2.45, 2.75) is 144 Å². The average Bonchev–Trinajstić information content (AvgIpc) is 3.18. The van der Waals surface area contributed by atoms with Gasteiger partial charge in [0.1, 0.15) is 30.2 Å². The molecular weight excluding hydrogens is 739 g/mol. The number of benzene rings is 1. The molecule has 1 heterocycles. The summed E-state index contributed by atoms with van der Waals surface area (Å²) in [5.74, 6) is -3.59. The minimum atomic E-state index is -1.06. The van der Waals surface area contributed by atoms with Gasteiger partial charge in [0.15, 0.2) is 0 Å². The van der Waals surface area contributed by atoms with Crippen LogP contribution in [0.15, 0.2) is 42.0 Å². The second-order valence-corrected chi connectivity index (χ2v) is 16.8. The van der Waals surface area contributed by atoms with Gasteiger partial charge in [0.25, 0.3) is 0 Å². The highest BCUT2D eigenvalue weighted by molar-refractivity contribution is 5.98. The lowest BCUT2D eigenvalue weighted by Gasteiger charge is -2.33. The molecule has 5 N–H and O–H groups in total. The summed E-state index contributed by atoms with van der Waals surface area (Å²) in [6.45, 7) is 18.1. The van der Waals surface area contributed by atoms with E-state index in [1.165, 1.54) is 30.8 Å². The number of amides is 7. The summed E-state index contributed by atoms with van der Waals surface area (Å²) in [4.78, 5) is 98.5. The fourth-order valence-corrected chi connectivity index (χ4v) is 7.10. The summed E-state index contributed by atoms with van der Waals surface area (Å²) in [5.41, 5.74) is 1.21. The van der Waals surface area contributed by atoms with E-state index in [0.717, 1.165) is 12.0 Å². The van der Waals surface area contributed by atoms with E-state index in [1.807, 2.05) is 78.0 Å². The first-order valence-corrected chi connectivity index (χ1v) is 21.0. The number of nitrogens with zero attached hydrogens (tertiary/aromatic N) is 2. The molecule has 0 spiro atoms. The van der Waals surface area contributed by atoms with E-state index in [0.29, 0.717) is 31.3 Å². The second-order valence-electron chi connectivity index (χ2n) is 16.8. The Kier molecular flexibility index (Phi) is 20.1. The Morgan fingerprint density at radius 3 is 1.91 bits per heavy atom. The van der Waals surface area contributed by atoms with Crippen LogP contribution in [-0.2, 0) is 40.0 Å². The second kappa shape index (κ2) is 23.6. The summed E-state index contributed by atoms with van der Waals surface area (Å²) in [6.07, 6.45) is 4.84. The van der Waals surface area contributed by atoms with Crippen LogP contribution in [0, 0.1) is 23.7 Å². The number of carbonyl (C=O) groups excluding carboxylic acids is 7. The summed E-state index contributed by atoms with van der Waals surface area (Å²) < 4.78 is 0. The first-order valence-electron chi connectivity index (χ1n) is 21.0. The molecule has 0 saturated carbocycles. The van der Waals surface area contributed by atoms with Gasteiger partial charge in [-0.15, -0.1) is 0 Å². The number of nitrogens with one attached hydrogen (secondary N) is 5. The zero-order valence-corrected chi connectivity index (χ0v) is 36.9. The first-order chi connectivity index (χ1) is 27.2. The van der Waals surface area contributed by atoms with Gasteiger partial charge in [-0.3, -0.25) is 33.6 Å². The van der Waals surface area contributed by atoms with Crippen molar-refractivity contribution in [1.29, 1.82) is 0 Å². The predicted molar refractivity (Wildman–Crippen MR) is 226 cm³/mol. The van der Waals surface area contributed by atoms with E-state index in [2.05, 4.69) is 33.5 Å². The maximum Gasteiger partial charge on any atom is 0.247 e. The third-order valence-electron chi connectivity index (χ3n) is 11.4. The summed E-state index contributed by atoms with van der Waals surface area (Å²) in [7, 11) is 2.93. The lowest BCUT2D eigenvalue weighted by Crippen LogP contribution is -2.58. The molecule has 0 aromatic heterocycles. The summed E-state index contributed by atoms with van der Waals surface area (Å²) in [6, 6.07) is 3.98. The Bertz CT molecular complexity index is 1600. The molecule has 14 heteroatoms. The molecule has 7 amide bonds. The van der Waals surface area contributed by atoms with Crippen molar-refractivity contribution in [2.75, 3.05) is 20.6 Å². The molecule has 1 aliphatic heterocycles. The van der Waals surface area contributed by atoms with Crippen LogP contribution in [0.3, 0.4) is 0 Å². The zero-order chi connectivity index (χ0) is 43.9. The highest BCUT2D eigenvalue weighted by Crippen LogP contribution is 2.22. The van der Waals surface area contributed by atoms with E-state index in [9.17, 15) is 33.6 Å². The van der Waals surface area contributed by atoms with Crippen LogP contribution in [-0.4, -0.2) is 108 Å².